The van der Waals surface area contributed by atoms with Crippen LogP contribution in [0.15, 0.2) is 28.7 Å². The van der Waals surface area contributed by atoms with Gasteiger partial charge in [-0.05, 0) is 43.4 Å². The summed E-state index contributed by atoms with van der Waals surface area (Å²) in [6.45, 7) is 5.38. The highest BCUT2D eigenvalue weighted by molar-refractivity contribution is 5.78. The highest BCUT2D eigenvalue weighted by atomic mass is 19.1. The molecule has 1 aliphatic rings. The summed E-state index contributed by atoms with van der Waals surface area (Å²) < 4.78 is 19.5. The Bertz CT molecular complexity index is 577. The quantitative estimate of drug-likeness (QED) is 0.869. The Balaban J connectivity index is 1.93. The van der Waals surface area contributed by atoms with Gasteiger partial charge in [-0.1, -0.05) is 26.0 Å². The minimum Gasteiger partial charge on any atom is -0.456 e. The van der Waals surface area contributed by atoms with E-state index in [1.54, 1.807) is 6.07 Å². The van der Waals surface area contributed by atoms with E-state index in [1.165, 1.54) is 12.5 Å². The number of hydrogen-bond acceptors (Lipinski definition) is 2. The molecule has 1 saturated carbocycles. The zero-order valence-corrected chi connectivity index (χ0v) is 11.4. The van der Waals surface area contributed by atoms with E-state index in [0.717, 1.165) is 30.0 Å². The van der Waals surface area contributed by atoms with Crippen LogP contribution in [0.3, 0.4) is 0 Å². The lowest BCUT2D eigenvalue weighted by atomic mass is 10.1. The van der Waals surface area contributed by atoms with E-state index in [9.17, 15) is 4.39 Å². The maximum absolute atomic E-state index is 13.7. The van der Waals surface area contributed by atoms with Crippen molar-refractivity contribution in [2.24, 2.45) is 11.8 Å². The van der Waals surface area contributed by atoms with E-state index in [0.29, 0.717) is 11.5 Å². The maximum atomic E-state index is 13.7. The molecule has 1 fully saturated rings. The van der Waals surface area contributed by atoms with Crippen molar-refractivity contribution in [1.29, 1.82) is 0 Å². The average molecular weight is 261 g/mol. The van der Waals surface area contributed by atoms with Gasteiger partial charge < -0.3 is 9.73 Å². The van der Waals surface area contributed by atoms with Crippen LogP contribution in [-0.2, 0) is 0 Å². The lowest BCUT2D eigenvalue weighted by molar-refractivity contribution is 0.382. The zero-order chi connectivity index (χ0) is 13.4. The van der Waals surface area contributed by atoms with E-state index in [1.807, 2.05) is 12.1 Å². The van der Waals surface area contributed by atoms with Gasteiger partial charge in [0.25, 0.3) is 0 Å². The van der Waals surface area contributed by atoms with Crippen LogP contribution in [0.25, 0.3) is 11.0 Å². The van der Waals surface area contributed by atoms with Crippen molar-refractivity contribution in [2.75, 3.05) is 6.54 Å². The molecule has 0 spiro atoms. The van der Waals surface area contributed by atoms with Crippen LogP contribution in [-0.4, -0.2) is 6.54 Å². The topological polar surface area (TPSA) is 25.2 Å². The highest BCUT2D eigenvalue weighted by Crippen LogP contribution is 2.47. The molecule has 1 aliphatic carbocycles. The molecule has 1 aromatic heterocycles. The lowest BCUT2D eigenvalue weighted by Crippen LogP contribution is -2.23. The third-order valence-corrected chi connectivity index (χ3v) is 4.04. The molecule has 0 amide bonds. The number of nitrogens with one attached hydrogen (secondary N) is 1. The molecule has 1 heterocycles. The van der Waals surface area contributed by atoms with E-state index >= 15 is 0 Å². The van der Waals surface area contributed by atoms with Gasteiger partial charge in [-0.2, -0.15) is 0 Å². The standard InChI is InChI=1S/C16H20FNO/c1-3-7-18-15(12-8-10(12)2)14-9-11-5-4-6-13(17)16(11)19-14/h4-6,9-10,12,15,18H,3,7-8H2,1-2H3. The van der Waals surface area contributed by atoms with E-state index in [2.05, 4.69) is 19.2 Å². The number of hydrogen-bond donors (Lipinski definition) is 1. The average Bonchev–Trinajstić information content (AvgIpc) is 2.94. The SMILES string of the molecule is CCCNC(c1cc2cccc(F)c2o1)C1CC1C. The van der Waals surface area contributed by atoms with Gasteiger partial charge in [0.05, 0.1) is 6.04 Å². The Hall–Kier alpha value is -1.35. The second-order valence-electron chi connectivity index (χ2n) is 5.62. The largest absolute Gasteiger partial charge is 0.456 e. The minimum atomic E-state index is -0.276. The number of benzene rings is 1. The van der Waals surface area contributed by atoms with Crippen molar-refractivity contribution >= 4 is 11.0 Å². The first-order chi connectivity index (χ1) is 9.20. The Kier molecular flexibility index (Phi) is 3.31. The molecule has 1 aromatic carbocycles. The minimum absolute atomic E-state index is 0.224. The summed E-state index contributed by atoms with van der Waals surface area (Å²) in [6.07, 6.45) is 2.31. The molecule has 2 aromatic rings. The fourth-order valence-corrected chi connectivity index (χ4v) is 2.78. The molecule has 3 atom stereocenters. The highest BCUT2D eigenvalue weighted by Gasteiger charge is 2.41. The molecule has 19 heavy (non-hydrogen) atoms. The van der Waals surface area contributed by atoms with Crippen molar-refractivity contribution in [2.45, 2.75) is 32.7 Å². The summed E-state index contributed by atoms with van der Waals surface area (Å²) in [5.41, 5.74) is 0.383. The predicted molar refractivity (Wildman–Crippen MR) is 74.5 cm³/mol. The zero-order valence-electron chi connectivity index (χ0n) is 11.4. The Morgan fingerprint density at radius 3 is 2.89 bits per heavy atom. The van der Waals surface area contributed by atoms with E-state index < -0.39 is 0 Å². The second kappa shape index (κ2) is 4.97. The second-order valence-corrected chi connectivity index (χ2v) is 5.62. The lowest BCUT2D eigenvalue weighted by Gasteiger charge is -2.15. The van der Waals surface area contributed by atoms with Crippen LogP contribution in [0.4, 0.5) is 4.39 Å². The van der Waals surface area contributed by atoms with Gasteiger partial charge in [0.2, 0.25) is 0 Å². The molecule has 3 heteroatoms. The third kappa shape index (κ3) is 2.39. The first-order valence-corrected chi connectivity index (χ1v) is 7.12. The summed E-state index contributed by atoms with van der Waals surface area (Å²) in [4.78, 5) is 0. The van der Waals surface area contributed by atoms with E-state index in [4.69, 9.17) is 4.42 Å². The predicted octanol–water partition coefficient (Wildman–Crippen LogP) is 4.27. The van der Waals surface area contributed by atoms with Crippen LogP contribution in [0.5, 0.6) is 0 Å². The molecule has 2 nitrogen and oxygen atoms in total. The van der Waals surface area contributed by atoms with E-state index in [-0.39, 0.29) is 11.9 Å². The summed E-state index contributed by atoms with van der Waals surface area (Å²) in [6, 6.07) is 7.28. The van der Waals surface area contributed by atoms with Gasteiger partial charge in [-0.15, -0.1) is 0 Å². The smallest absolute Gasteiger partial charge is 0.169 e. The Labute approximate surface area is 113 Å². The molecule has 3 rings (SSSR count). The fraction of sp³-hybridized carbons (Fsp3) is 0.500. The van der Waals surface area contributed by atoms with Crippen LogP contribution in [0.1, 0.15) is 38.5 Å². The van der Waals surface area contributed by atoms with Gasteiger partial charge in [-0.25, -0.2) is 4.39 Å². The summed E-state index contributed by atoms with van der Waals surface area (Å²) in [5.74, 6) is 1.95. The van der Waals surface area contributed by atoms with Crippen LogP contribution in [0.2, 0.25) is 0 Å². The fourth-order valence-electron chi connectivity index (χ4n) is 2.78. The third-order valence-electron chi connectivity index (χ3n) is 4.04. The van der Waals surface area contributed by atoms with Gasteiger partial charge in [-0.3, -0.25) is 0 Å². The summed E-state index contributed by atoms with van der Waals surface area (Å²) in [5, 5.41) is 4.40. The van der Waals surface area contributed by atoms with Crippen molar-refractivity contribution in [1.82, 2.24) is 5.32 Å². The number of fused-ring (bicyclic) bond motifs is 1. The van der Waals surface area contributed by atoms with Gasteiger partial charge in [0, 0.05) is 5.39 Å². The molecular formula is C16H20FNO. The summed E-state index contributed by atoms with van der Waals surface area (Å²) in [7, 11) is 0. The number of furan rings is 1. The first-order valence-electron chi connectivity index (χ1n) is 7.12. The van der Waals surface area contributed by atoms with Crippen molar-refractivity contribution in [3.63, 3.8) is 0 Å². The van der Waals surface area contributed by atoms with Gasteiger partial charge in [0.15, 0.2) is 11.4 Å². The van der Waals surface area contributed by atoms with Crippen molar-refractivity contribution in [3.8, 4) is 0 Å². The van der Waals surface area contributed by atoms with Crippen molar-refractivity contribution in [3.05, 3.63) is 35.8 Å². The molecule has 0 bridgehead atoms. The molecule has 1 N–H and O–H groups in total. The van der Waals surface area contributed by atoms with Crippen LogP contribution in [0, 0.1) is 17.7 Å². The first kappa shape index (κ1) is 12.7. The Morgan fingerprint density at radius 1 is 1.47 bits per heavy atom. The van der Waals surface area contributed by atoms with Crippen LogP contribution >= 0.6 is 0 Å². The number of halogens is 1. The summed E-state index contributed by atoms with van der Waals surface area (Å²) >= 11 is 0. The molecular weight excluding hydrogens is 241 g/mol. The van der Waals surface area contributed by atoms with Gasteiger partial charge >= 0.3 is 0 Å². The molecule has 3 unspecified atom stereocenters. The molecule has 0 radical (unpaired) electrons. The molecule has 0 saturated heterocycles. The monoisotopic (exact) mass is 261 g/mol. The Morgan fingerprint density at radius 2 is 2.26 bits per heavy atom. The van der Waals surface area contributed by atoms with Crippen LogP contribution < -0.4 is 5.32 Å². The molecule has 102 valence electrons. The van der Waals surface area contributed by atoms with Crippen molar-refractivity contribution < 1.29 is 8.81 Å². The number of para-hydroxylation sites is 1. The normalized spacial score (nSPS) is 23.7. The number of rotatable bonds is 5. The maximum Gasteiger partial charge on any atom is 0.169 e. The van der Waals surface area contributed by atoms with Gasteiger partial charge in [0.1, 0.15) is 5.76 Å². The molecule has 0 aliphatic heterocycles.